The maximum absolute atomic E-state index is 11.7. The molecule has 1 heterocycles. The van der Waals surface area contributed by atoms with E-state index >= 15 is 0 Å². The Balaban J connectivity index is 2.48. The molecule has 0 aliphatic carbocycles. The summed E-state index contributed by atoms with van der Waals surface area (Å²) in [5.41, 5.74) is -0.111. The van der Waals surface area contributed by atoms with E-state index in [1.54, 1.807) is 0 Å². The molecule has 13 heavy (non-hydrogen) atoms. The summed E-state index contributed by atoms with van der Waals surface area (Å²) in [6, 6.07) is 0.0965. The third kappa shape index (κ3) is 2.99. The van der Waals surface area contributed by atoms with Crippen LogP contribution in [0.25, 0.3) is 0 Å². The van der Waals surface area contributed by atoms with Crippen LogP contribution in [0, 0.1) is 0 Å². The fraction of sp³-hybridized carbons (Fsp3) is 0.900. The van der Waals surface area contributed by atoms with Gasteiger partial charge in [0, 0.05) is 5.54 Å². The molecule has 3 nitrogen and oxygen atoms in total. The number of carbonyl (C=O) groups excluding carboxylic acids is 1. The molecule has 0 bridgehead atoms. The molecule has 1 amide bonds. The average Bonchev–Trinajstić information content (AvgIpc) is 2.30. The van der Waals surface area contributed by atoms with Gasteiger partial charge in [0.25, 0.3) is 0 Å². The van der Waals surface area contributed by atoms with Crippen molar-refractivity contribution < 1.29 is 4.79 Å². The first-order valence-corrected chi connectivity index (χ1v) is 4.92. The first-order chi connectivity index (χ1) is 5.90. The predicted octanol–water partition coefficient (Wildman–Crippen LogP) is 0.995. The SMILES string of the molecule is CN1CCCC1C(=O)NC(C)(C)C. The van der Waals surface area contributed by atoms with Crippen molar-refractivity contribution in [1.29, 1.82) is 0 Å². The normalized spacial score (nSPS) is 24.8. The molecule has 1 fully saturated rings. The Kier molecular flexibility index (Phi) is 2.96. The van der Waals surface area contributed by atoms with Gasteiger partial charge in [-0.1, -0.05) is 0 Å². The van der Waals surface area contributed by atoms with Crippen LogP contribution >= 0.6 is 0 Å². The lowest BCUT2D eigenvalue weighted by atomic mass is 10.1. The van der Waals surface area contributed by atoms with Crippen LogP contribution in [-0.4, -0.2) is 36.0 Å². The highest BCUT2D eigenvalue weighted by atomic mass is 16.2. The zero-order chi connectivity index (χ0) is 10.1. The highest BCUT2D eigenvalue weighted by Crippen LogP contribution is 2.15. The third-order valence-electron chi connectivity index (χ3n) is 2.32. The van der Waals surface area contributed by atoms with Crippen molar-refractivity contribution in [2.24, 2.45) is 0 Å². The molecule has 1 atom stereocenters. The molecule has 1 saturated heterocycles. The van der Waals surface area contributed by atoms with E-state index in [2.05, 4.69) is 10.2 Å². The smallest absolute Gasteiger partial charge is 0.237 e. The molecule has 0 aromatic carbocycles. The Morgan fingerprint density at radius 2 is 2.08 bits per heavy atom. The van der Waals surface area contributed by atoms with Gasteiger partial charge in [0.05, 0.1) is 6.04 Å². The van der Waals surface area contributed by atoms with Gasteiger partial charge < -0.3 is 5.32 Å². The number of nitrogens with one attached hydrogen (secondary N) is 1. The van der Waals surface area contributed by atoms with Crippen molar-refractivity contribution in [3.8, 4) is 0 Å². The van der Waals surface area contributed by atoms with Crippen LogP contribution in [0.2, 0.25) is 0 Å². The van der Waals surface area contributed by atoms with Crippen molar-refractivity contribution in [2.45, 2.75) is 45.2 Å². The van der Waals surface area contributed by atoms with Crippen LogP contribution in [0.15, 0.2) is 0 Å². The molecule has 0 saturated carbocycles. The van der Waals surface area contributed by atoms with E-state index in [-0.39, 0.29) is 17.5 Å². The molecule has 0 aromatic heterocycles. The summed E-state index contributed by atoms with van der Waals surface area (Å²) in [6.45, 7) is 7.09. The Labute approximate surface area is 80.5 Å². The Morgan fingerprint density at radius 3 is 2.46 bits per heavy atom. The van der Waals surface area contributed by atoms with E-state index in [0.717, 1.165) is 19.4 Å². The number of likely N-dealkylation sites (N-methyl/N-ethyl adjacent to an activating group) is 1. The van der Waals surface area contributed by atoms with E-state index in [4.69, 9.17) is 0 Å². The van der Waals surface area contributed by atoms with E-state index < -0.39 is 0 Å². The Bertz CT molecular complexity index is 196. The zero-order valence-electron chi connectivity index (χ0n) is 9.05. The minimum Gasteiger partial charge on any atom is -0.350 e. The summed E-state index contributed by atoms with van der Waals surface area (Å²) < 4.78 is 0. The largest absolute Gasteiger partial charge is 0.350 e. The molecule has 0 spiro atoms. The summed E-state index contributed by atoms with van der Waals surface area (Å²) in [6.07, 6.45) is 2.14. The molecule has 1 N–H and O–H groups in total. The minimum atomic E-state index is -0.111. The highest BCUT2D eigenvalue weighted by Gasteiger charge is 2.29. The topological polar surface area (TPSA) is 32.3 Å². The van der Waals surface area contributed by atoms with Gasteiger partial charge in [-0.2, -0.15) is 0 Å². The quantitative estimate of drug-likeness (QED) is 0.659. The Hall–Kier alpha value is -0.570. The van der Waals surface area contributed by atoms with Crippen molar-refractivity contribution in [3.63, 3.8) is 0 Å². The number of carbonyl (C=O) groups is 1. The lowest BCUT2D eigenvalue weighted by Crippen LogP contribution is -2.49. The van der Waals surface area contributed by atoms with Gasteiger partial charge in [-0.25, -0.2) is 0 Å². The summed E-state index contributed by atoms with van der Waals surface area (Å²) in [5, 5.41) is 3.01. The number of rotatable bonds is 1. The van der Waals surface area contributed by atoms with Gasteiger partial charge in [0.15, 0.2) is 0 Å². The maximum atomic E-state index is 11.7. The molecule has 1 aliphatic heterocycles. The van der Waals surface area contributed by atoms with Gasteiger partial charge in [0.2, 0.25) is 5.91 Å². The molecular formula is C10H20N2O. The van der Waals surface area contributed by atoms with Gasteiger partial charge in [-0.3, -0.25) is 9.69 Å². The maximum Gasteiger partial charge on any atom is 0.237 e. The first kappa shape index (κ1) is 10.5. The molecule has 76 valence electrons. The summed E-state index contributed by atoms with van der Waals surface area (Å²) in [4.78, 5) is 13.8. The second-order valence-corrected chi connectivity index (χ2v) is 4.88. The monoisotopic (exact) mass is 184 g/mol. The number of likely N-dealkylation sites (tertiary alicyclic amines) is 1. The van der Waals surface area contributed by atoms with E-state index in [1.165, 1.54) is 0 Å². The minimum absolute atomic E-state index is 0.0965. The van der Waals surface area contributed by atoms with Crippen molar-refractivity contribution in [1.82, 2.24) is 10.2 Å². The van der Waals surface area contributed by atoms with E-state index in [0.29, 0.717) is 0 Å². The van der Waals surface area contributed by atoms with E-state index in [9.17, 15) is 4.79 Å². The molecular weight excluding hydrogens is 164 g/mol. The molecule has 1 unspecified atom stereocenters. The van der Waals surface area contributed by atoms with Gasteiger partial charge in [-0.15, -0.1) is 0 Å². The lowest BCUT2D eigenvalue weighted by Gasteiger charge is -2.25. The van der Waals surface area contributed by atoms with Crippen LogP contribution in [-0.2, 0) is 4.79 Å². The lowest BCUT2D eigenvalue weighted by molar-refractivity contribution is -0.126. The van der Waals surface area contributed by atoms with Crippen LogP contribution in [0.1, 0.15) is 33.6 Å². The predicted molar refractivity (Wildman–Crippen MR) is 53.5 cm³/mol. The van der Waals surface area contributed by atoms with Crippen LogP contribution in [0.3, 0.4) is 0 Å². The third-order valence-corrected chi connectivity index (χ3v) is 2.32. The summed E-state index contributed by atoms with van der Waals surface area (Å²) in [7, 11) is 2.01. The van der Waals surface area contributed by atoms with Crippen LogP contribution < -0.4 is 5.32 Å². The second-order valence-electron chi connectivity index (χ2n) is 4.88. The molecule has 0 radical (unpaired) electrons. The summed E-state index contributed by atoms with van der Waals surface area (Å²) >= 11 is 0. The van der Waals surface area contributed by atoms with Gasteiger partial charge in [0.1, 0.15) is 0 Å². The molecule has 0 aromatic rings. The van der Waals surface area contributed by atoms with Crippen molar-refractivity contribution >= 4 is 5.91 Å². The number of amides is 1. The van der Waals surface area contributed by atoms with Gasteiger partial charge >= 0.3 is 0 Å². The summed E-state index contributed by atoms with van der Waals surface area (Å²) in [5.74, 6) is 0.174. The van der Waals surface area contributed by atoms with Crippen LogP contribution in [0.5, 0.6) is 0 Å². The standard InChI is InChI=1S/C10H20N2O/c1-10(2,3)11-9(13)8-6-5-7-12(8)4/h8H,5-7H2,1-4H3,(H,11,13). The second kappa shape index (κ2) is 3.66. The highest BCUT2D eigenvalue weighted by molar-refractivity contribution is 5.82. The number of hydrogen-bond donors (Lipinski definition) is 1. The fourth-order valence-corrected chi connectivity index (χ4v) is 1.69. The number of hydrogen-bond acceptors (Lipinski definition) is 2. The van der Waals surface area contributed by atoms with Crippen molar-refractivity contribution in [3.05, 3.63) is 0 Å². The zero-order valence-corrected chi connectivity index (χ0v) is 9.05. The van der Waals surface area contributed by atoms with E-state index in [1.807, 2.05) is 27.8 Å². The van der Waals surface area contributed by atoms with Crippen LogP contribution in [0.4, 0.5) is 0 Å². The Morgan fingerprint density at radius 1 is 1.46 bits per heavy atom. The first-order valence-electron chi connectivity index (χ1n) is 4.92. The molecule has 1 rings (SSSR count). The van der Waals surface area contributed by atoms with Gasteiger partial charge in [-0.05, 0) is 47.2 Å². The average molecular weight is 184 g/mol. The molecule has 1 aliphatic rings. The van der Waals surface area contributed by atoms with Crippen molar-refractivity contribution in [2.75, 3.05) is 13.6 Å². The molecule has 3 heteroatoms. The number of nitrogens with zero attached hydrogens (tertiary/aromatic N) is 1. The fourth-order valence-electron chi connectivity index (χ4n) is 1.69.